The lowest BCUT2D eigenvalue weighted by atomic mass is 10.1. The van der Waals surface area contributed by atoms with Crippen LogP contribution in [0, 0.1) is 0 Å². The minimum atomic E-state index is -2.00. The van der Waals surface area contributed by atoms with Gasteiger partial charge in [0.25, 0.3) is 5.91 Å². The molecule has 2 aromatic carbocycles. The van der Waals surface area contributed by atoms with Crippen LogP contribution in [0.1, 0.15) is 5.69 Å². The number of nitrogens with zero attached hydrogens (tertiary/aromatic N) is 3. The van der Waals surface area contributed by atoms with E-state index in [0.717, 1.165) is 11.8 Å². The van der Waals surface area contributed by atoms with Gasteiger partial charge in [-0.1, -0.05) is 24.2 Å². The van der Waals surface area contributed by atoms with Gasteiger partial charge in [0.2, 0.25) is 5.91 Å². The van der Waals surface area contributed by atoms with Gasteiger partial charge in [-0.15, -0.1) is 0 Å². The number of ether oxygens (including phenoxy) is 2. The van der Waals surface area contributed by atoms with Crippen LogP contribution in [-0.4, -0.2) is 46.6 Å². The molecule has 0 aliphatic rings. The number of nitrogens with one attached hydrogen (secondary N) is 3. The van der Waals surface area contributed by atoms with Crippen molar-refractivity contribution in [2.45, 2.75) is 12.8 Å². The smallest absolute Gasteiger partial charge is 0.260 e. The summed E-state index contributed by atoms with van der Waals surface area (Å²) in [6, 6.07) is 13.9. The molecule has 1 unspecified atom stereocenters. The van der Waals surface area contributed by atoms with Crippen LogP contribution in [0.4, 0.5) is 21.6 Å². The van der Waals surface area contributed by atoms with Crippen LogP contribution >= 0.6 is 11.6 Å². The van der Waals surface area contributed by atoms with Crippen molar-refractivity contribution in [1.29, 1.82) is 0 Å². The first kappa shape index (κ1) is 27.3. The third-order valence-corrected chi connectivity index (χ3v) is 5.73. The van der Waals surface area contributed by atoms with Gasteiger partial charge < -0.3 is 25.4 Å². The molecule has 0 aliphatic heterocycles. The van der Waals surface area contributed by atoms with Crippen LogP contribution in [-0.2, 0) is 16.2 Å². The van der Waals surface area contributed by atoms with E-state index in [9.17, 15) is 14.0 Å². The maximum absolute atomic E-state index is 14.4. The van der Waals surface area contributed by atoms with Gasteiger partial charge in [0.15, 0.2) is 6.17 Å². The SMILES string of the molecule is C=CC(=O)NCC(F)C(=O)Nc1cc2c(Nc3ccc(OCc4ccccn4)c(Cl)c3)ncnc2cc1OC. The van der Waals surface area contributed by atoms with Crippen molar-refractivity contribution >= 4 is 51.5 Å². The van der Waals surface area contributed by atoms with E-state index in [-0.39, 0.29) is 18.0 Å². The van der Waals surface area contributed by atoms with Gasteiger partial charge in [-0.2, -0.15) is 0 Å². The summed E-state index contributed by atoms with van der Waals surface area (Å²) in [5.41, 5.74) is 2.09. The molecule has 39 heavy (non-hydrogen) atoms. The largest absolute Gasteiger partial charge is 0.494 e. The first-order chi connectivity index (χ1) is 18.9. The minimum Gasteiger partial charge on any atom is -0.494 e. The number of methoxy groups -OCH3 is 1. The highest BCUT2D eigenvalue weighted by molar-refractivity contribution is 6.32. The molecule has 2 heterocycles. The molecular weight excluding hydrogens is 527 g/mol. The molecule has 0 bridgehead atoms. The van der Waals surface area contributed by atoms with Crippen LogP contribution in [0.2, 0.25) is 5.02 Å². The van der Waals surface area contributed by atoms with Crippen LogP contribution in [0.15, 0.2) is 73.7 Å². The average molecular weight is 551 g/mol. The summed E-state index contributed by atoms with van der Waals surface area (Å²) in [5, 5.41) is 8.81. The Morgan fingerprint density at radius 2 is 1.97 bits per heavy atom. The molecule has 200 valence electrons. The van der Waals surface area contributed by atoms with E-state index >= 15 is 0 Å². The van der Waals surface area contributed by atoms with Gasteiger partial charge in [-0.25, -0.2) is 14.4 Å². The van der Waals surface area contributed by atoms with E-state index in [2.05, 4.69) is 37.5 Å². The monoisotopic (exact) mass is 550 g/mol. The van der Waals surface area contributed by atoms with Crippen molar-refractivity contribution in [3.63, 3.8) is 0 Å². The van der Waals surface area contributed by atoms with E-state index in [4.69, 9.17) is 21.1 Å². The predicted molar refractivity (Wildman–Crippen MR) is 146 cm³/mol. The van der Waals surface area contributed by atoms with Crippen molar-refractivity contribution in [2.24, 2.45) is 0 Å². The van der Waals surface area contributed by atoms with Crippen molar-refractivity contribution in [3.05, 3.63) is 84.4 Å². The molecule has 4 aromatic rings. The standard InChI is InChI=1S/C27H24ClFN6O4/c1-3-25(36)31-13-20(29)27(37)35-22-11-18-21(12-24(22)38-2)32-15-33-26(18)34-16-7-8-23(19(28)10-16)39-14-17-6-4-5-9-30-17/h3-12,15,20H,1,13-14H2,2H3,(H,31,36)(H,35,37)(H,32,33,34). The van der Waals surface area contributed by atoms with Crippen LogP contribution < -0.4 is 25.4 Å². The summed E-state index contributed by atoms with van der Waals surface area (Å²) in [6.07, 6.45) is 2.04. The molecule has 2 amide bonds. The Bertz CT molecular complexity index is 1500. The number of alkyl halides is 1. The van der Waals surface area contributed by atoms with Gasteiger partial charge >= 0.3 is 0 Å². The van der Waals surface area contributed by atoms with Crippen LogP contribution in [0.5, 0.6) is 11.5 Å². The molecule has 0 radical (unpaired) electrons. The summed E-state index contributed by atoms with van der Waals surface area (Å²) >= 11 is 6.44. The molecular formula is C27H24ClFN6O4. The highest BCUT2D eigenvalue weighted by Crippen LogP contribution is 2.34. The number of carbonyl (C=O) groups is 2. The lowest BCUT2D eigenvalue weighted by Crippen LogP contribution is -2.36. The van der Waals surface area contributed by atoms with E-state index in [0.29, 0.717) is 33.2 Å². The number of benzene rings is 2. The zero-order chi connectivity index (χ0) is 27.8. The molecule has 0 spiro atoms. The summed E-state index contributed by atoms with van der Waals surface area (Å²) in [4.78, 5) is 36.5. The lowest BCUT2D eigenvalue weighted by Gasteiger charge is -2.15. The highest BCUT2D eigenvalue weighted by Gasteiger charge is 2.20. The highest BCUT2D eigenvalue weighted by atomic mass is 35.5. The summed E-state index contributed by atoms with van der Waals surface area (Å²) in [6.45, 7) is 3.04. The topological polar surface area (TPSA) is 127 Å². The van der Waals surface area contributed by atoms with Crippen molar-refractivity contribution < 1.29 is 23.5 Å². The van der Waals surface area contributed by atoms with Gasteiger partial charge in [0.05, 0.1) is 35.6 Å². The van der Waals surface area contributed by atoms with E-state index < -0.39 is 24.5 Å². The lowest BCUT2D eigenvalue weighted by molar-refractivity contribution is -0.121. The van der Waals surface area contributed by atoms with Gasteiger partial charge in [-0.05, 0) is 42.5 Å². The molecule has 3 N–H and O–H groups in total. The number of pyridine rings is 1. The van der Waals surface area contributed by atoms with Crippen molar-refractivity contribution in [2.75, 3.05) is 24.3 Å². The molecule has 12 heteroatoms. The Kier molecular flexibility index (Phi) is 8.85. The molecule has 2 aromatic heterocycles. The number of carbonyl (C=O) groups excluding carboxylic acids is 2. The van der Waals surface area contributed by atoms with Gasteiger partial charge in [0.1, 0.15) is 30.3 Å². The third-order valence-electron chi connectivity index (χ3n) is 5.44. The maximum Gasteiger partial charge on any atom is 0.260 e. The molecule has 10 nitrogen and oxygen atoms in total. The summed E-state index contributed by atoms with van der Waals surface area (Å²) < 4.78 is 25.5. The predicted octanol–water partition coefficient (Wildman–Crippen LogP) is 4.59. The number of hydrogen-bond donors (Lipinski definition) is 3. The Labute approximate surface area is 228 Å². The summed E-state index contributed by atoms with van der Waals surface area (Å²) in [5.74, 6) is -0.391. The zero-order valence-electron chi connectivity index (χ0n) is 20.8. The average Bonchev–Trinajstić information content (AvgIpc) is 2.95. The second kappa shape index (κ2) is 12.7. The Morgan fingerprint density at radius 1 is 1.13 bits per heavy atom. The number of aromatic nitrogens is 3. The zero-order valence-corrected chi connectivity index (χ0v) is 21.5. The van der Waals surface area contributed by atoms with Crippen LogP contribution in [0.25, 0.3) is 10.9 Å². The summed E-state index contributed by atoms with van der Waals surface area (Å²) in [7, 11) is 1.41. The molecule has 0 saturated carbocycles. The second-order valence-electron chi connectivity index (χ2n) is 8.08. The molecule has 4 rings (SSSR count). The number of halogens is 2. The number of amides is 2. The van der Waals surface area contributed by atoms with E-state index in [1.165, 1.54) is 13.4 Å². The van der Waals surface area contributed by atoms with E-state index in [1.54, 1.807) is 36.5 Å². The van der Waals surface area contributed by atoms with Crippen molar-refractivity contribution in [1.82, 2.24) is 20.3 Å². The number of anilines is 3. The van der Waals surface area contributed by atoms with E-state index in [1.807, 2.05) is 18.2 Å². The fourth-order valence-electron chi connectivity index (χ4n) is 3.48. The molecule has 0 saturated heterocycles. The number of hydrogen-bond acceptors (Lipinski definition) is 8. The van der Waals surface area contributed by atoms with Gasteiger partial charge in [0, 0.05) is 23.3 Å². The quantitative estimate of drug-likeness (QED) is 0.231. The van der Waals surface area contributed by atoms with Crippen molar-refractivity contribution in [3.8, 4) is 11.5 Å². The first-order valence-corrected chi connectivity index (χ1v) is 12.0. The number of fused-ring (bicyclic) bond motifs is 1. The fourth-order valence-corrected chi connectivity index (χ4v) is 3.72. The Hall–Kier alpha value is -4.77. The van der Waals surface area contributed by atoms with Crippen LogP contribution in [0.3, 0.4) is 0 Å². The maximum atomic E-state index is 14.4. The third kappa shape index (κ3) is 6.96. The second-order valence-corrected chi connectivity index (χ2v) is 8.49. The first-order valence-electron chi connectivity index (χ1n) is 11.6. The fraction of sp³-hybridized carbons (Fsp3) is 0.148. The molecule has 1 atom stereocenters. The molecule has 0 aliphatic carbocycles. The Morgan fingerprint density at radius 3 is 2.69 bits per heavy atom. The molecule has 0 fully saturated rings. The Balaban J connectivity index is 1.53. The van der Waals surface area contributed by atoms with Gasteiger partial charge in [-0.3, -0.25) is 14.6 Å². The number of rotatable bonds is 11. The normalized spacial score (nSPS) is 11.4. The minimum absolute atomic E-state index is 0.196.